The van der Waals surface area contributed by atoms with Crippen molar-refractivity contribution in [2.45, 2.75) is 0 Å². The van der Waals surface area contributed by atoms with E-state index in [9.17, 15) is 4.79 Å². The summed E-state index contributed by atoms with van der Waals surface area (Å²) in [6, 6.07) is 12.2. The number of aromatic amines is 1. The number of aromatic nitrogens is 4. The number of hydrogen-bond donors (Lipinski definition) is 2. The van der Waals surface area contributed by atoms with Gasteiger partial charge < -0.3 is 5.32 Å². The molecule has 0 unspecified atom stereocenters. The molecular weight excluding hydrogens is 370 g/mol. The zero-order valence-corrected chi connectivity index (χ0v) is 13.4. The van der Waals surface area contributed by atoms with Gasteiger partial charge in [0.15, 0.2) is 5.82 Å². The first-order chi connectivity index (χ1) is 10.6. The van der Waals surface area contributed by atoms with Crippen LogP contribution in [0.3, 0.4) is 0 Å². The minimum absolute atomic E-state index is 0.261. The fourth-order valence-electron chi connectivity index (χ4n) is 1.93. The van der Waals surface area contributed by atoms with E-state index in [1.165, 1.54) is 0 Å². The van der Waals surface area contributed by atoms with Crippen molar-refractivity contribution in [3.05, 3.63) is 57.5 Å². The molecule has 0 bridgehead atoms. The lowest BCUT2D eigenvalue weighted by atomic mass is 10.1. The number of amides is 1. The average molecular weight is 379 g/mol. The molecular formula is C14H9BrClN5O. The summed E-state index contributed by atoms with van der Waals surface area (Å²) in [5, 5.41) is 16.9. The summed E-state index contributed by atoms with van der Waals surface area (Å²) in [4.78, 5) is 12.4. The number of nitrogens with zero attached hydrogens (tertiary/aromatic N) is 3. The maximum Gasteiger partial charge on any atom is 0.256 e. The highest BCUT2D eigenvalue weighted by atomic mass is 79.9. The van der Waals surface area contributed by atoms with Crippen molar-refractivity contribution >= 4 is 39.1 Å². The van der Waals surface area contributed by atoms with Crippen LogP contribution in [-0.2, 0) is 0 Å². The molecule has 0 radical (unpaired) electrons. The van der Waals surface area contributed by atoms with Crippen molar-refractivity contribution in [2.24, 2.45) is 0 Å². The van der Waals surface area contributed by atoms with Crippen LogP contribution in [0.4, 0.5) is 5.69 Å². The molecule has 6 nitrogen and oxygen atoms in total. The molecule has 0 spiro atoms. The third-order valence-corrected chi connectivity index (χ3v) is 3.88. The molecule has 1 amide bonds. The third-order valence-electron chi connectivity index (χ3n) is 2.95. The molecule has 0 fully saturated rings. The molecule has 0 saturated heterocycles. The lowest BCUT2D eigenvalue weighted by Gasteiger charge is -2.10. The molecule has 0 aliphatic carbocycles. The maximum atomic E-state index is 12.4. The lowest BCUT2D eigenvalue weighted by Crippen LogP contribution is -2.13. The largest absolute Gasteiger partial charge is 0.321 e. The van der Waals surface area contributed by atoms with Crippen molar-refractivity contribution in [1.29, 1.82) is 0 Å². The van der Waals surface area contributed by atoms with Crippen LogP contribution in [0.5, 0.6) is 0 Å². The zero-order valence-electron chi connectivity index (χ0n) is 11.0. The van der Waals surface area contributed by atoms with E-state index in [2.05, 4.69) is 41.9 Å². The first-order valence-electron chi connectivity index (χ1n) is 6.24. The summed E-state index contributed by atoms with van der Waals surface area (Å²) in [7, 11) is 0. The van der Waals surface area contributed by atoms with Gasteiger partial charge in [-0.2, -0.15) is 0 Å². The molecule has 0 aliphatic rings. The Morgan fingerprint density at radius 3 is 2.77 bits per heavy atom. The number of anilines is 1. The quantitative estimate of drug-likeness (QED) is 0.730. The number of H-pyrrole nitrogens is 1. The summed E-state index contributed by atoms with van der Waals surface area (Å²) in [6.07, 6.45) is 0. The van der Waals surface area contributed by atoms with Crippen LogP contribution in [0.15, 0.2) is 46.9 Å². The van der Waals surface area contributed by atoms with Crippen LogP contribution in [0.2, 0.25) is 5.02 Å². The van der Waals surface area contributed by atoms with E-state index in [0.29, 0.717) is 32.1 Å². The molecule has 8 heteroatoms. The Morgan fingerprint density at radius 1 is 1.23 bits per heavy atom. The summed E-state index contributed by atoms with van der Waals surface area (Å²) in [6.45, 7) is 0. The summed E-state index contributed by atoms with van der Waals surface area (Å²) >= 11 is 9.37. The fraction of sp³-hybridized carbons (Fsp3) is 0. The van der Waals surface area contributed by atoms with E-state index >= 15 is 0 Å². The molecule has 110 valence electrons. The second-order valence-corrected chi connectivity index (χ2v) is 5.66. The Morgan fingerprint density at radius 2 is 2.05 bits per heavy atom. The predicted molar refractivity (Wildman–Crippen MR) is 86.7 cm³/mol. The van der Waals surface area contributed by atoms with Crippen molar-refractivity contribution in [2.75, 3.05) is 5.32 Å². The minimum atomic E-state index is -0.261. The Kier molecular flexibility index (Phi) is 4.17. The third kappa shape index (κ3) is 3.00. The standard InChI is InChI=1S/C14H9BrClN5O/c15-11-4-2-1-3-9(11)14(22)17-12-7-8(16)5-6-10(12)13-18-20-21-19-13/h1-7H,(H,17,22)(H,18,19,20,21). The number of halogens is 2. The van der Waals surface area contributed by atoms with Crippen LogP contribution in [0.1, 0.15) is 10.4 Å². The van der Waals surface area contributed by atoms with Crippen LogP contribution >= 0.6 is 27.5 Å². The van der Waals surface area contributed by atoms with Gasteiger partial charge in [0.1, 0.15) is 0 Å². The Labute approximate surface area is 139 Å². The first kappa shape index (κ1) is 14.7. The van der Waals surface area contributed by atoms with Crippen molar-refractivity contribution in [3.8, 4) is 11.4 Å². The molecule has 3 aromatic rings. The van der Waals surface area contributed by atoms with Gasteiger partial charge in [0.05, 0.1) is 11.3 Å². The Hall–Kier alpha value is -2.25. The fourth-order valence-corrected chi connectivity index (χ4v) is 2.57. The van der Waals surface area contributed by atoms with E-state index in [0.717, 1.165) is 0 Å². The number of nitrogens with one attached hydrogen (secondary N) is 2. The van der Waals surface area contributed by atoms with Gasteiger partial charge in [0, 0.05) is 15.1 Å². The highest BCUT2D eigenvalue weighted by Crippen LogP contribution is 2.29. The van der Waals surface area contributed by atoms with Crippen molar-refractivity contribution < 1.29 is 4.79 Å². The summed E-state index contributed by atoms with van der Waals surface area (Å²) in [5.41, 5.74) is 1.69. The first-order valence-corrected chi connectivity index (χ1v) is 7.42. The molecule has 3 rings (SSSR count). The van der Waals surface area contributed by atoms with E-state index in [1.807, 2.05) is 6.07 Å². The molecule has 22 heavy (non-hydrogen) atoms. The molecule has 0 saturated carbocycles. The van der Waals surface area contributed by atoms with Gasteiger partial charge in [-0.1, -0.05) is 23.7 Å². The second kappa shape index (κ2) is 6.25. The van der Waals surface area contributed by atoms with Crippen molar-refractivity contribution in [3.63, 3.8) is 0 Å². The summed E-state index contributed by atoms with van der Waals surface area (Å²) < 4.78 is 0.706. The minimum Gasteiger partial charge on any atom is -0.321 e. The number of carbonyl (C=O) groups excluding carboxylic acids is 1. The number of tetrazole rings is 1. The van der Waals surface area contributed by atoms with Crippen LogP contribution < -0.4 is 5.32 Å². The van der Waals surface area contributed by atoms with Gasteiger partial charge in [0.2, 0.25) is 0 Å². The molecule has 1 heterocycles. The van der Waals surface area contributed by atoms with E-state index in [-0.39, 0.29) is 5.91 Å². The van der Waals surface area contributed by atoms with Gasteiger partial charge in [-0.25, -0.2) is 5.10 Å². The smallest absolute Gasteiger partial charge is 0.256 e. The number of rotatable bonds is 3. The highest BCUT2D eigenvalue weighted by Gasteiger charge is 2.14. The number of hydrogen-bond acceptors (Lipinski definition) is 4. The van der Waals surface area contributed by atoms with E-state index < -0.39 is 0 Å². The van der Waals surface area contributed by atoms with Crippen LogP contribution in [0.25, 0.3) is 11.4 Å². The van der Waals surface area contributed by atoms with Crippen LogP contribution in [-0.4, -0.2) is 26.5 Å². The van der Waals surface area contributed by atoms with Gasteiger partial charge in [-0.3, -0.25) is 4.79 Å². The maximum absolute atomic E-state index is 12.4. The van der Waals surface area contributed by atoms with E-state index in [4.69, 9.17) is 11.6 Å². The zero-order chi connectivity index (χ0) is 15.5. The predicted octanol–water partition coefficient (Wildman–Crippen LogP) is 3.53. The van der Waals surface area contributed by atoms with E-state index in [1.54, 1.807) is 36.4 Å². The monoisotopic (exact) mass is 377 g/mol. The lowest BCUT2D eigenvalue weighted by molar-refractivity contribution is 0.102. The van der Waals surface area contributed by atoms with Gasteiger partial charge in [-0.05, 0) is 56.7 Å². The van der Waals surface area contributed by atoms with Crippen molar-refractivity contribution in [1.82, 2.24) is 20.6 Å². The van der Waals surface area contributed by atoms with Crippen LogP contribution in [0, 0.1) is 0 Å². The molecule has 0 atom stereocenters. The van der Waals surface area contributed by atoms with Gasteiger partial charge >= 0.3 is 0 Å². The highest BCUT2D eigenvalue weighted by molar-refractivity contribution is 9.10. The molecule has 2 N–H and O–H groups in total. The Bertz CT molecular complexity index is 822. The average Bonchev–Trinajstić information content (AvgIpc) is 3.02. The molecule has 2 aromatic carbocycles. The normalized spacial score (nSPS) is 10.5. The second-order valence-electron chi connectivity index (χ2n) is 4.37. The molecule has 1 aromatic heterocycles. The molecule has 0 aliphatic heterocycles. The topological polar surface area (TPSA) is 83.6 Å². The van der Waals surface area contributed by atoms with Gasteiger partial charge in [0.25, 0.3) is 5.91 Å². The Balaban J connectivity index is 1.97. The SMILES string of the molecule is O=C(Nc1cc(Cl)ccc1-c1nnn[nH]1)c1ccccc1Br. The number of benzene rings is 2. The van der Waals surface area contributed by atoms with Gasteiger partial charge in [-0.15, -0.1) is 5.10 Å². The number of carbonyl (C=O) groups is 1. The summed E-state index contributed by atoms with van der Waals surface area (Å²) in [5.74, 6) is 0.183.